The molecule has 1 fully saturated rings. The topological polar surface area (TPSA) is 42.2 Å². The lowest BCUT2D eigenvalue weighted by molar-refractivity contribution is -0.122. The maximum Gasteiger partial charge on any atom is 0.220 e. The van der Waals surface area contributed by atoms with Gasteiger partial charge in [-0.1, -0.05) is 12.8 Å². The van der Waals surface area contributed by atoms with Crippen LogP contribution in [0.15, 0.2) is 16.5 Å². The van der Waals surface area contributed by atoms with Crippen LogP contribution in [0.2, 0.25) is 0 Å². The van der Waals surface area contributed by atoms with Gasteiger partial charge in [-0.05, 0) is 44.7 Å². The first kappa shape index (κ1) is 12.2. The summed E-state index contributed by atoms with van der Waals surface area (Å²) in [6, 6.07) is 3.82. The molecule has 1 unspecified atom stereocenters. The van der Waals surface area contributed by atoms with Crippen molar-refractivity contribution in [3.05, 3.63) is 23.7 Å². The number of aryl methyl sites for hydroxylation is 1. The van der Waals surface area contributed by atoms with Crippen molar-refractivity contribution >= 4 is 5.91 Å². The van der Waals surface area contributed by atoms with Crippen LogP contribution in [0, 0.1) is 12.8 Å². The van der Waals surface area contributed by atoms with Crippen molar-refractivity contribution < 1.29 is 9.21 Å². The number of furan rings is 1. The summed E-state index contributed by atoms with van der Waals surface area (Å²) in [6.07, 6.45) is 5.66. The zero-order chi connectivity index (χ0) is 12.3. The molecule has 1 aliphatic carbocycles. The van der Waals surface area contributed by atoms with Crippen LogP contribution in [-0.2, 0) is 4.79 Å². The molecule has 3 nitrogen and oxygen atoms in total. The molecule has 2 rings (SSSR count). The molecule has 94 valence electrons. The summed E-state index contributed by atoms with van der Waals surface area (Å²) in [5, 5.41) is 3.00. The molecule has 0 spiro atoms. The monoisotopic (exact) mass is 235 g/mol. The van der Waals surface area contributed by atoms with E-state index in [-0.39, 0.29) is 11.9 Å². The molecular weight excluding hydrogens is 214 g/mol. The number of hydrogen-bond donors (Lipinski definition) is 1. The fourth-order valence-electron chi connectivity index (χ4n) is 2.53. The van der Waals surface area contributed by atoms with Crippen molar-refractivity contribution in [2.75, 3.05) is 0 Å². The molecule has 1 heterocycles. The average Bonchev–Trinajstić information content (AvgIpc) is 2.89. The molecule has 1 amide bonds. The van der Waals surface area contributed by atoms with Crippen molar-refractivity contribution in [3.63, 3.8) is 0 Å². The second kappa shape index (κ2) is 5.39. The molecule has 0 saturated heterocycles. The number of hydrogen-bond acceptors (Lipinski definition) is 2. The van der Waals surface area contributed by atoms with Crippen molar-refractivity contribution in [3.8, 4) is 0 Å². The predicted octanol–water partition coefficient (Wildman–Crippen LogP) is 3.35. The maximum atomic E-state index is 11.8. The van der Waals surface area contributed by atoms with Crippen LogP contribution < -0.4 is 5.32 Å². The first-order valence-electron chi connectivity index (χ1n) is 6.51. The van der Waals surface area contributed by atoms with Gasteiger partial charge in [-0.25, -0.2) is 0 Å². The Hall–Kier alpha value is -1.25. The Morgan fingerprint density at radius 2 is 2.18 bits per heavy atom. The van der Waals surface area contributed by atoms with E-state index in [9.17, 15) is 4.79 Å². The van der Waals surface area contributed by atoms with Gasteiger partial charge in [0.2, 0.25) is 5.91 Å². The molecule has 0 aliphatic heterocycles. The van der Waals surface area contributed by atoms with Crippen molar-refractivity contribution in [2.24, 2.45) is 5.92 Å². The van der Waals surface area contributed by atoms with Crippen molar-refractivity contribution in [1.29, 1.82) is 0 Å². The Bertz CT molecular complexity index is 377. The Morgan fingerprint density at radius 1 is 1.47 bits per heavy atom. The first-order chi connectivity index (χ1) is 8.15. The smallest absolute Gasteiger partial charge is 0.220 e. The first-order valence-corrected chi connectivity index (χ1v) is 6.51. The minimum Gasteiger partial charge on any atom is -0.464 e. The summed E-state index contributed by atoms with van der Waals surface area (Å²) < 4.78 is 5.50. The van der Waals surface area contributed by atoms with Gasteiger partial charge in [0, 0.05) is 6.42 Å². The van der Waals surface area contributed by atoms with Crippen LogP contribution in [-0.4, -0.2) is 5.91 Å². The quantitative estimate of drug-likeness (QED) is 0.869. The highest BCUT2D eigenvalue weighted by Crippen LogP contribution is 2.27. The van der Waals surface area contributed by atoms with E-state index < -0.39 is 0 Å². The normalized spacial score (nSPS) is 18.2. The third kappa shape index (κ3) is 3.35. The van der Waals surface area contributed by atoms with Crippen LogP contribution in [0.3, 0.4) is 0 Å². The number of rotatable bonds is 4. The van der Waals surface area contributed by atoms with Crippen LogP contribution in [0.1, 0.15) is 56.6 Å². The minimum absolute atomic E-state index is 0.0300. The molecule has 1 aromatic heterocycles. The highest BCUT2D eigenvalue weighted by atomic mass is 16.3. The Labute approximate surface area is 103 Å². The minimum atomic E-state index is -0.0300. The molecule has 3 heteroatoms. The highest BCUT2D eigenvalue weighted by molar-refractivity contribution is 5.76. The molecule has 0 radical (unpaired) electrons. The second-order valence-electron chi connectivity index (χ2n) is 5.09. The molecule has 1 aromatic rings. The molecular formula is C14H21NO2. The molecule has 17 heavy (non-hydrogen) atoms. The predicted molar refractivity (Wildman–Crippen MR) is 66.6 cm³/mol. The summed E-state index contributed by atoms with van der Waals surface area (Å²) in [6.45, 7) is 3.88. The lowest BCUT2D eigenvalue weighted by Crippen LogP contribution is -2.27. The molecule has 0 bridgehead atoms. The SMILES string of the molecule is Cc1ccc(C(C)NC(=O)CC2CCCC2)o1. The number of carbonyl (C=O) groups is 1. The fraction of sp³-hybridized carbons (Fsp3) is 0.643. The van der Waals surface area contributed by atoms with E-state index in [0.29, 0.717) is 12.3 Å². The van der Waals surface area contributed by atoms with Crippen LogP contribution in [0.5, 0.6) is 0 Å². The molecule has 1 aliphatic rings. The Balaban J connectivity index is 1.81. The van der Waals surface area contributed by atoms with Crippen LogP contribution >= 0.6 is 0 Å². The zero-order valence-corrected chi connectivity index (χ0v) is 10.7. The van der Waals surface area contributed by atoms with Gasteiger partial charge < -0.3 is 9.73 Å². The standard InChI is InChI=1S/C14H21NO2/c1-10-7-8-13(17-10)11(2)15-14(16)9-12-5-3-4-6-12/h7-8,11-12H,3-6,9H2,1-2H3,(H,15,16). The van der Waals surface area contributed by atoms with E-state index in [1.54, 1.807) is 0 Å². The maximum absolute atomic E-state index is 11.8. The van der Waals surface area contributed by atoms with E-state index >= 15 is 0 Å². The molecule has 1 saturated carbocycles. The lowest BCUT2D eigenvalue weighted by Gasteiger charge is -2.13. The zero-order valence-electron chi connectivity index (χ0n) is 10.7. The summed E-state index contributed by atoms with van der Waals surface area (Å²) in [4.78, 5) is 11.8. The highest BCUT2D eigenvalue weighted by Gasteiger charge is 2.20. The van der Waals surface area contributed by atoms with E-state index in [1.807, 2.05) is 26.0 Å². The summed E-state index contributed by atoms with van der Waals surface area (Å²) >= 11 is 0. The van der Waals surface area contributed by atoms with Gasteiger partial charge in [-0.3, -0.25) is 4.79 Å². The molecule has 1 N–H and O–H groups in total. The van der Waals surface area contributed by atoms with Gasteiger partial charge in [0.1, 0.15) is 11.5 Å². The third-order valence-corrected chi connectivity index (χ3v) is 3.51. The van der Waals surface area contributed by atoms with E-state index in [2.05, 4.69) is 5.32 Å². The summed E-state index contributed by atoms with van der Waals surface area (Å²) in [7, 11) is 0. The fourth-order valence-corrected chi connectivity index (χ4v) is 2.53. The molecule has 1 atom stereocenters. The summed E-state index contributed by atoms with van der Waals surface area (Å²) in [5.74, 6) is 2.47. The Kier molecular flexibility index (Phi) is 3.87. The largest absolute Gasteiger partial charge is 0.464 e. The number of amides is 1. The lowest BCUT2D eigenvalue weighted by atomic mass is 10.0. The van der Waals surface area contributed by atoms with Gasteiger partial charge >= 0.3 is 0 Å². The third-order valence-electron chi connectivity index (χ3n) is 3.51. The van der Waals surface area contributed by atoms with Crippen LogP contribution in [0.25, 0.3) is 0 Å². The van der Waals surface area contributed by atoms with E-state index in [4.69, 9.17) is 4.42 Å². The summed E-state index contributed by atoms with van der Waals surface area (Å²) in [5.41, 5.74) is 0. The molecule has 0 aromatic carbocycles. The van der Waals surface area contributed by atoms with Crippen LogP contribution in [0.4, 0.5) is 0 Å². The van der Waals surface area contributed by atoms with Crippen molar-refractivity contribution in [1.82, 2.24) is 5.32 Å². The second-order valence-corrected chi connectivity index (χ2v) is 5.09. The van der Waals surface area contributed by atoms with Gasteiger partial charge in [-0.2, -0.15) is 0 Å². The van der Waals surface area contributed by atoms with Gasteiger partial charge in [0.15, 0.2) is 0 Å². The van der Waals surface area contributed by atoms with Gasteiger partial charge in [0.25, 0.3) is 0 Å². The average molecular weight is 235 g/mol. The van der Waals surface area contributed by atoms with E-state index in [0.717, 1.165) is 11.5 Å². The number of nitrogens with one attached hydrogen (secondary N) is 1. The Morgan fingerprint density at radius 3 is 2.76 bits per heavy atom. The van der Waals surface area contributed by atoms with E-state index in [1.165, 1.54) is 25.7 Å². The van der Waals surface area contributed by atoms with Crippen molar-refractivity contribution in [2.45, 2.75) is 52.0 Å². The number of carbonyl (C=O) groups excluding carboxylic acids is 1. The van der Waals surface area contributed by atoms with Gasteiger partial charge in [-0.15, -0.1) is 0 Å². The van der Waals surface area contributed by atoms with Gasteiger partial charge in [0.05, 0.1) is 6.04 Å².